The zero-order valence-electron chi connectivity index (χ0n) is 21.1. The minimum atomic E-state index is -4.59. The standard InChI is InChI=1S/C29H26F4N4O2/c1-17-8-9-24-18(12-17)13-21-16-35(10-11-36(21)24)28-34-27-22(6-3-7-23(27)30)25(15-26(38)39)37(28)20-5-2-4-19(14-20)29(31,32)33/h2-9,12,14,21,25H,10-11,13,15-16H2,1H3,(H,38,39). The van der Waals surface area contributed by atoms with E-state index in [1.165, 1.54) is 46.0 Å². The SMILES string of the molecule is Cc1ccc2c(c1)CC1CN(C3=Nc4c(F)cccc4C(CC(=O)O)N3c3cccc(C(F)(F)F)c3)CCN21. The predicted molar refractivity (Wildman–Crippen MR) is 140 cm³/mol. The van der Waals surface area contributed by atoms with Gasteiger partial charge in [-0.3, -0.25) is 4.79 Å². The van der Waals surface area contributed by atoms with Gasteiger partial charge < -0.3 is 19.8 Å². The Hall–Kier alpha value is -4.08. The van der Waals surface area contributed by atoms with Gasteiger partial charge in [-0.1, -0.05) is 35.9 Å². The number of hydrogen-bond acceptors (Lipinski definition) is 5. The van der Waals surface area contributed by atoms with Crippen molar-refractivity contribution in [3.8, 4) is 0 Å². The second-order valence-corrected chi connectivity index (χ2v) is 10.3. The van der Waals surface area contributed by atoms with Gasteiger partial charge in [-0.2, -0.15) is 13.2 Å². The Morgan fingerprint density at radius 1 is 1.08 bits per heavy atom. The van der Waals surface area contributed by atoms with Gasteiger partial charge in [0, 0.05) is 36.6 Å². The quantitative estimate of drug-likeness (QED) is 0.420. The molecule has 1 saturated heterocycles. The van der Waals surface area contributed by atoms with E-state index in [-0.39, 0.29) is 23.4 Å². The van der Waals surface area contributed by atoms with E-state index in [1.807, 2.05) is 11.8 Å². The number of carbonyl (C=O) groups is 1. The number of anilines is 2. The predicted octanol–water partition coefficient (Wildman–Crippen LogP) is 5.92. The number of carboxylic acids is 1. The molecular weight excluding hydrogens is 512 g/mol. The van der Waals surface area contributed by atoms with Crippen molar-refractivity contribution in [2.24, 2.45) is 4.99 Å². The summed E-state index contributed by atoms with van der Waals surface area (Å²) >= 11 is 0. The number of fused-ring (bicyclic) bond motifs is 4. The molecule has 0 amide bonds. The van der Waals surface area contributed by atoms with Crippen LogP contribution >= 0.6 is 0 Å². The zero-order valence-corrected chi connectivity index (χ0v) is 21.1. The summed E-state index contributed by atoms with van der Waals surface area (Å²) in [6.45, 7) is 3.68. The molecule has 10 heteroatoms. The highest BCUT2D eigenvalue weighted by atomic mass is 19.4. The van der Waals surface area contributed by atoms with Gasteiger partial charge in [0.15, 0.2) is 0 Å². The number of carboxylic acid groups (broad SMARTS) is 1. The lowest BCUT2D eigenvalue weighted by molar-refractivity contribution is -0.138. The van der Waals surface area contributed by atoms with Crippen LogP contribution in [0.3, 0.4) is 0 Å². The lowest BCUT2D eigenvalue weighted by Gasteiger charge is -2.46. The number of aryl methyl sites for hydroxylation is 1. The second kappa shape index (κ2) is 9.29. The molecule has 3 aliphatic rings. The molecule has 2 unspecified atom stereocenters. The van der Waals surface area contributed by atoms with Crippen molar-refractivity contribution < 1.29 is 27.5 Å². The topological polar surface area (TPSA) is 59.4 Å². The second-order valence-electron chi connectivity index (χ2n) is 10.3. The van der Waals surface area contributed by atoms with Crippen LogP contribution in [0.2, 0.25) is 0 Å². The lowest BCUT2D eigenvalue weighted by atomic mass is 9.96. The molecule has 3 aromatic carbocycles. The third kappa shape index (κ3) is 4.47. The molecule has 0 bridgehead atoms. The Balaban J connectivity index is 1.45. The van der Waals surface area contributed by atoms with Crippen molar-refractivity contribution in [3.05, 3.63) is 88.7 Å². The van der Waals surface area contributed by atoms with Gasteiger partial charge in [0.2, 0.25) is 5.96 Å². The summed E-state index contributed by atoms with van der Waals surface area (Å²) < 4.78 is 56.1. The number of halogens is 4. The van der Waals surface area contributed by atoms with E-state index in [0.29, 0.717) is 25.2 Å². The molecule has 0 aliphatic carbocycles. The third-order valence-corrected chi connectivity index (χ3v) is 7.70. The fourth-order valence-corrected chi connectivity index (χ4v) is 6.01. The van der Waals surface area contributed by atoms with E-state index < -0.39 is 36.0 Å². The van der Waals surface area contributed by atoms with E-state index in [1.54, 1.807) is 6.07 Å². The van der Waals surface area contributed by atoms with Gasteiger partial charge in [0.1, 0.15) is 11.5 Å². The summed E-state index contributed by atoms with van der Waals surface area (Å²) in [5.74, 6) is -1.50. The van der Waals surface area contributed by atoms with Gasteiger partial charge in [0.05, 0.1) is 24.1 Å². The summed E-state index contributed by atoms with van der Waals surface area (Å²) in [5, 5.41) is 9.79. The molecule has 0 spiro atoms. The minimum absolute atomic E-state index is 0.0229. The average molecular weight is 539 g/mol. The van der Waals surface area contributed by atoms with Crippen molar-refractivity contribution in [2.45, 2.75) is 38.0 Å². The van der Waals surface area contributed by atoms with Crippen LogP contribution in [-0.4, -0.2) is 47.6 Å². The van der Waals surface area contributed by atoms with Crippen LogP contribution in [0.4, 0.5) is 34.6 Å². The molecule has 202 valence electrons. The van der Waals surface area contributed by atoms with E-state index >= 15 is 4.39 Å². The smallest absolute Gasteiger partial charge is 0.416 e. The number of hydrogen-bond donors (Lipinski definition) is 1. The van der Waals surface area contributed by atoms with Crippen LogP contribution in [-0.2, 0) is 17.4 Å². The Bertz CT molecular complexity index is 1490. The number of para-hydroxylation sites is 1. The van der Waals surface area contributed by atoms with Crippen LogP contribution in [0.25, 0.3) is 0 Å². The number of alkyl halides is 3. The summed E-state index contributed by atoms with van der Waals surface area (Å²) in [6.07, 6.45) is -4.23. The molecule has 2 atom stereocenters. The van der Waals surface area contributed by atoms with E-state index in [4.69, 9.17) is 0 Å². The molecule has 39 heavy (non-hydrogen) atoms. The summed E-state index contributed by atoms with van der Waals surface area (Å²) in [7, 11) is 0. The number of benzene rings is 3. The van der Waals surface area contributed by atoms with Crippen LogP contribution in [0, 0.1) is 12.7 Å². The fraction of sp³-hybridized carbons (Fsp3) is 0.310. The maximum atomic E-state index is 15.1. The number of nitrogens with zero attached hydrogens (tertiary/aromatic N) is 4. The van der Waals surface area contributed by atoms with Crippen molar-refractivity contribution in [2.75, 3.05) is 29.4 Å². The number of guanidine groups is 1. The highest BCUT2D eigenvalue weighted by Gasteiger charge is 2.41. The highest BCUT2D eigenvalue weighted by molar-refractivity contribution is 6.01. The first-order chi connectivity index (χ1) is 18.6. The van der Waals surface area contributed by atoms with Gasteiger partial charge in [-0.25, -0.2) is 9.38 Å². The van der Waals surface area contributed by atoms with Crippen molar-refractivity contribution >= 4 is 29.0 Å². The van der Waals surface area contributed by atoms with E-state index in [9.17, 15) is 23.1 Å². The monoisotopic (exact) mass is 538 g/mol. The molecule has 0 radical (unpaired) electrons. The normalized spacial score (nSPS) is 20.3. The average Bonchev–Trinajstić information content (AvgIpc) is 3.25. The fourth-order valence-electron chi connectivity index (χ4n) is 6.01. The van der Waals surface area contributed by atoms with Crippen LogP contribution in [0.1, 0.15) is 34.7 Å². The molecular formula is C29H26F4N4O2. The van der Waals surface area contributed by atoms with E-state index in [0.717, 1.165) is 18.6 Å². The molecule has 3 aromatic rings. The van der Waals surface area contributed by atoms with Crippen LogP contribution in [0.15, 0.2) is 65.7 Å². The number of rotatable bonds is 3. The zero-order chi connectivity index (χ0) is 27.5. The summed E-state index contributed by atoms with van der Waals surface area (Å²) in [4.78, 5) is 22.5. The molecule has 1 N–H and O–H groups in total. The molecule has 6 nitrogen and oxygen atoms in total. The molecule has 0 saturated carbocycles. The Labute approximate surface area is 222 Å². The highest BCUT2D eigenvalue weighted by Crippen LogP contribution is 2.44. The van der Waals surface area contributed by atoms with Crippen molar-refractivity contribution in [3.63, 3.8) is 0 Å². The van der Waals surface area contributed by atoms with E-state index in [2.05, 4.69) is 28.1 Å². The molecule has 0 aromatic heterocycles. The molecule has 3 heterocycles. The van der Waals surface area contributed by atoms with Crippen molar-refractivity contribution in [1.82, 2.24) is 4.90 Å². The number of aliphatic imine (C=N–C) groups is 1. The third-order valence-electron chi connectivity index (χ3n) is 7.70. The Morgan fingerprint density at radius 2 is 1.87 bits per heavy atom. The maximum Gasteiger partial charge on any atom is 0.416 e. The Kier molecular flexibility index (Phi) is 6.00. The first-order valence-electron chi connectivity index (χ1n) is 12.8. The van der Waals surface area contributed by atoms with Crippen LogP contribution < -0.4 is 9.80 Å². The Morgan fingerprint density at radius 3 is 2.64 bits per heavy atom. The van der Waals surface area contributed by atoms with Crippen LogP contribution in [0.5, 0.6) is 0 Å². The van der Waals surface area contributed by atoms with Gasteiger partial charge in [-0.15, -0.1) is 0 Å². The largest absolute Gasteiger partial charge is 0.481 e. The number of piperazine rings is 1. The lowest BCUT2D eigenvalue weighted by Crippen LogP contribution is -2.58. The molecule has 3 aliphatic heterocycles. The minimum Gasteiger partial charge on any atom is -0.481 e. The first-order valence-corrected chi connectivity index (χ1v) is 12.8. The molecule has 1 fully saturated rings. The maximum absolute atomic E-state index is 15.1. The first kappa shape index (κ1) is 25.2. The van der Waals surface area contributed by atoms with Crippen molar-refractivity contribution in [1.29, 1.82) is 0 Å². The van der Waals surface area contributed by atoms with Gasteiger partial charge >= 0.3 is 12.1 Å². The molecule has 6 rings (SSSR count). The van der Waals surface area contributed by atoms with Gasteiger partial charge in [0.25, 0.3) is 0 Å². The van der Waals surface area contributed by atoms with Gasteiger partial charge in [-0.05, 0) is 49.2 Å². The summed E-state index contributed by atoms with van der Waals surface area (Å²) in [6, 6.07) is 14.6. The summed E-state index contributed by atoms with van der Waals surface area (Å²) in [5.41, 5.74) is 3.22. The number of aliphatic carboxylic acids is 1.